The predicted molar refractivity (Wildman–Crippen MR) is 106 cm³/mol. The summed E-state index contributed by atoms with van der Waals surface area (Å²) < 4.78 is 0. The molecule has 3 rings (SSSR count). The van der Waals surface area contributed by atoms with Crippen LogP contribution in [0, 0.1) is 0 Å². The van der Waals surface area contributed by atoms with Gasteiger partial charge in [-0.3, -0.25) is 4.90 Å². The van der Waals surface area contributed by atoms with Crippen molar-refractivity contribution >= 4 is 5.69 Å². The quantitative estimate of drug-likeness (QED) is 0.766. The first kappa shape index (κ1) is 18.5. The fourth-order valence-electron chi connectivity index (χ4n) is 3.08. The van der Waals surface area contributed by atoms with Gasteiger partial charge in [-0.05, 0) is 29.2 Å². The third-order valence-electron chi connectivity index (χ3n) is 4.55. The van der Waals surface area contributed by atoms with Gasteiger partial charge in [0.05, 0.1) is 0 Å². The summed E-state index contributed by atoms with van der Waals surface area (Å²) in [5, 5.41) is 0. The molecule has 0 unspecified atom stereocenters. The Morgan fingerprint density at radius 3 is 1.92 bits per heavy atom. The van der Waals surface area contributed by atoms with E-state index >= 15 is 0 Å². The van der Waals surface area contributed by atoms with E-state index in [-0.39, 0.29) is 0 Å². The van der Waals surface area contributed by atoms with Gasteiger partial charge in [-0.25, -0.2) is 0 Å². The third-order valence-corrected chi connectivity index (χ3v) is 4.55. The highest BCUT2D eigenvalue weighted by molar-refractivity contribution is 5.48. The zero-order valence-electron chi connectivity index (χ0n) is 15.7. The summed E-state index contributed by atoms with van der Waals surface area (Å²) in [5.74, 6) is 0.608. The molecule has 0 spiro atoms. The predicted octanol–water partition coefficient (Wildman–Crippen LogP) is 5.16. The van der Waals surface area contributed by atoms with E-state index < -0.39 is 0 Å². The molecule has 0 aromatic heterocycles. The lowest BCUT2D eigenvalue weighted by Gasteiger charge is -2.36. The minimum atomic E-state index is 0.608. The first-order valence-electron chi connectivity index (χ1n) is 9.33. The van der Waals surface area contributed by atoms with E-state index in [4.69, 9.17) is 0 Å². The Kier molecular flexibility index (Phi) is 7.33. The van der Waals surface area contributed by atoms with E-state index in [2.05, 4.69) is 78.2 Å². The first-order chi connectivity index (χ1) is 11.7. The van der Waals surface area contributed by atoms with Crippen LogP contribution in [-0.2, 0) is 6.54 Å². The van der Waals surface area contributed by atoms with Crippen molar-refractivity contribution < 1.29 is 0 Å². The zero-order chi connectivity index (χ0) is 17.4. The van der Waals surface area contributed by atoms with Gasteiger partial charge in [0.25, 0.3) is 0 Å². The Morgan fingerprint density at radius 1 is 0.792 bits per heavy atom. The number of rotatable bonds is 4. The molecular formula is C22H32N2. The highest BCUT2D eigenvalue weighted by atomic mass is 15.3. The second-order valence-electron chi connectivity index (χ2n) is 6.50. The summed E-state index contributed by atoms with van der Waals surface area (Å²) in [6, 6.07) is 19.9. The molecule has 0 radical (unpaired) electrons. The van der Waals surface area contributed by atoms with Crippen LogP contribution in [0.15, 0.2) is 54.6 Å². The maximum atomic E-state index is 2.55. The molecule has 2 aromatic rings. The van der Waals surface area contributed by atoms with Crippen LogP contribution in [0.2, 0.25) is 0 Å². The minimum Gasteiger partial charge on any atom is -0.369 e. The van der Waals surface area contributed by atoms with Crippen LogP contribution in [0.5, 0.6) is 0 Å². The molecule has 1 heterocycles. The van der Waals surface area contributed by atoms with Crippen molar-refractivity contribution in [1.82, 2.24) is 4.90 Å². The smallest absolute Gasteiger partial charge is 0.0367 e. The number of hydrogen-bond donors (Lipinski definition) is 0. The Balaban J connectivity index is 0.00000100. The normalized spacial score (nSPS) is 15.1. The van der Waals surface area contributed by atoms with Crippen molar-refractivity contribution in [3.05, 3.63) is 65.7 Å². The highest BCUT2D eigenvalue weighted by Gasteiger charge is 2.17. The van der Waals surface area contributed by atoms with Gasteiger partial charge in [0.15, 0.2) is 0 Å². The molecule has 1 fully saturated rings. The molecule has 0 saturated carbocycles. The summed E-state index contributed by atoms with van der Waals surface area (Å²) in [4.78, 5) is 5.06. The van der Waals surface area contributed by atoms with Gasteiger partial charge >= 0.3 is 0 Å². The maximum Gasteiger partial charge on any atom is 0.0367 e. The number of anilines is 1. The second kappa shape index (κ2) is 9.48. The lowest BCUT2D eigenvalue weighted by molar-refractivity contribution is 0.250. The topological polar surface area (TPSA) is 6.48 Å². The largest absolute Gasteiger partial charge is 0.369 e. The summed E-state index contributed by atoms with van der Waals surface area (Å²) in [5.41, 5.74) is 4.20. The summed E-state index contributed by atoms with van der Waals surface area (Å²) in [6.07, 6.45) is 0. The molecule has 0 aliphatic carbocycles. The molecule has 0 atom stereocenters. The van der Waals surface area contributed by atoms with Crippen molar-refractivity contribution in [3.63, 3.8) is 0 Å². The van der Waals surface area contributed by atoms with Gasteiger partial charge in [-0.2, -0.15) is 0 Å². The lowest BCUT2D eigenvalue weighted by Crippen LogP contribution is -2.45. The molecule has 2 nitrogen and oxygen atoms in total. The lowest BCUT2D eigenvalue weighted by atomic mass is 10.0. The molecule has 130 valence electrons. The molecular weight excluding hydrogens is 292 g/mol. The van der Waals surface area contributed by atoms with Gasteiger partial charge in [-0.15, -0.1) is 0 Å². The average Bonchev–Trinajstić information content (AvgIpc) is 2.65. The van der Waals surface area contributed by atoms with Gasteiger partial charge < -0.3 is 4.90 Å². The van der Waals surface area contributed by atoms with E-state index in [1.165, 1.54) is 16.8 Å². The summed E-state index contributed by atoms with van der Waals surface area (Å²) in [7, 11) is 0. The van der Waals surface area contributed by atoms with Crippen LogP contribution in [-0.4, -0.2) is 31.1 Å². The van der Waals surface area contributed by atoms with E-state index in [1.54, 1.807) is 0 Å². The Bertz CT molecular complexity index is 567. The fraction of sp³-hybridized carbons (Fsp3) is 0.455. The molecule has 1 aliphatic rings. The number of nitrogens with zero attached hydrogens (tertiary/aromatic N) is 2. The monoisotopic (exact) mass is 324 g/mol. The molecule has 2 aromatic carbocycles. The molecule has 1 aliphatic heterocycles. The highest BCUT2D eigenvalue weighted by Crippen LogP contribution is 2.21. The van der Waals surface area contributed by atoms with Crippen molar-refractivity contribution in [2.24, 2.45) is 0 Å². The second-order valence-corrected chi connectivity index (χ2v) is 6.50. The molecule has 0 N–H and O–H groups in total. The summed E-state index contributed by atoms with van der Waals surface area (Å²) in [6.45, 7) is 14.1. The van der Waals surface area contributed by atoms with Crippen LogP contribution in [0.3, 0.4) is 0 Å². The fourth-order valence-corrected chi connectivity index (χ4v) is 3.08. The Labute approximate surface area is 148 Å². The van der Waals surface area contributed by atoms with Gasteiger partial charge in [0, 0.05) is 38.4 Å². The first-order valence-corrected chi connectivity index (χ1v) is 9.33. The van der Waals surface area contributed by atoms with Crippen LogP contribution in [0.4, 0.5) is 5.69 Å². The molecule has 0 bridgehead atoms. The Morgan fingerprint density at radius 2 is 1.38 bits per heavy atom. The van der Waals surface area contributed by atoms with Crippen molar-refractivity contribution in [3.8, 4) is 0 Å². The summed E-state index contributed by atoms with van der Waals surface area (Å²) >= 11 is 0. The molecule has 2 heteroatoms. The van der Waals surface area contributed by atoms with E-state index in [0.717, 1.165) is 32.7 Å². The van der Waals surface area contributed by atoms with Gasteiger partial charge in [-0.1, -0.05) is 70.2 Å². The molecule has 1 saturated heterocycles. The minimum absolute atomic E-state index is 0.608. The molecule has 24 heavy (non-hydrogen) atoms. The van der Waals surface area contributed by atoms with E-state index in [9.17, 15) is 0 Å². The van der Waals surface area contributed by atoms with Gasteiger partial charge in [0.1, 0.15) is 0 Å². The SMILES string of the molecule is CC.CC(C)c1ccc(N2CCN(Cc3ccccc3)CC2)cc1. The maximum absolute atomic E-state index is 2.55. The molecule has 0 amide bonds. The number of benzene rings is 2. The average molecular weight is 325 g/mol. The van der Waals surface area contributed by atoms with Crippen LogP contribution >= 0.6 is 0 Å². The van der Waals surface area contributed by atoms with E-state index in [0.29, 0.717) is 5.92 Å². The zero-order valence-corrected chi connectivity index (χ0v) is 15.7. The van der Waals surface area contributed by atoms with Crippen LogP contribution < -0.4 is 4.90 Å². The van der Waals surface area contributed by atoms with Crippen molar-refractivity contribution in [2.75, 3.05) is 31.1 Å². The van der Waals surface area contributed by atoms with E-state index in [1.807, 2.05) is 13.8 Å². The van der Waals surface area contributed by atoms with Gasteiger partial charge in [0.2, 0.25) is 0 Å². The Hall–Kier alpha value is -1.80. The van der Waals surface area contributed by atoms with Crippen molar-refractivity contribution in [2.45, 2.75) is 40.2 Å². The van der Waals surface area contributed by atoms with Crippen LogP contribution in [0.25, 0.3) is 0 Å². The third kappa shape index (κ3) is 5.10. The number of hydrogen-bond acceptors (Lipinski definition) is 2. The number of piperazine rings is 1. The standard InChI is InChI=1S/C20H26N2.C2H6/c1-17(2)19-8-10-20(11-9-19)22-14-12-21(13-15-22)16-18-6-4-3-5-7-18;1-2/h3-11,17H,12-16H2,1-2H3;1-2H3. The van der Waals surface area contributed by atoms with Crippen molar-refractivity contribution in [1.29, 1.82) is 0 Å². The van der Waals surface area contributed by atoms with Crippen LogP contribution in [0.1, 0.15) is 44.7 Å².